The average Bonchev–Trinajstić information content (AvgIpc) is 1.61. The summed E-state index contributed by atoms with van der Waals surface area (Å²) in [5, 5.41) is 0. The molecule has 0 nitrogen and oxygen atoms in total. The number of rotatable bonds is 3. The van der Waals surface area contributed by atoms with Gasteiger partial charge < -0.3 is 0 Å². The van der Waals surface area contributed by atoms with Crippen LogP contribution in [0.15, 0.2) is 0 Å². The first-order valence-electron chi connectivity index (χ1n) is 2.98. The van der Waals surface area contributed by atoms with Crippen LogP contribution in [0.5, 0.6) is 0 Å². The molecular formula is C6H13Sn. The van der Waals surface area contributed by atoms with E-state index in [0.29, 0.717) is 0 Å². The van der Waals surface area contributed by atoms with E-state index >= 15 is 0 Å². The number of hydrogen-bond donors (Lipinski definition) is 0. The summed E-state index contributed by atoms with van der Waals surface area (Å²) in [5.41, 5.74) is 0. The van der Waals surface area contributed by atoms with Gasteiger partial charge in [-0.2, -0.15) is 0 Å². The van der Waals surface area contributed by atoms with Gasteiger partial charge in [-0.3, -0.25) is 0 Å². The third-order valence-electron chi connectivity index (χ3n) is 0.991. The van der Waals surface area contributed by atoms with Crippen LogP contribution in [0.2, 0.25) is 3.93 Å². The Kier molecular flexibility index (Phi) is 5.51. The van der Waals surface area contributed by atoms with E-state index in [9.17, 15) is 0 Å². The summed E-state index contributed by atoms with van der Waals surface area (Å²) in [5.74, 6) is 0. The first kappa shape index (κ1) is 7.80. The van der Waals surface area contributed by atoms with Crippen molar-refractivity contribution in [1.29, 1.82) is 0 Å². The minimum absolute atomic E-state index is 0.993. The molecule has 7 heavy (non-hydrogen) atoms. The van der Waals surface area contributed by atoms with Gasteiger partial charge in [-0.05, 0) is 0 Å². The Hall–Kier alpha value is 0.799. The van der Waals surface area contributed by atoms with Crippen LogP contribution in [0.3, 0.4) is 0 Å². The first-order chi connectivity index (χ1) is 3.27. The molecule has 0 saturated heterocycles. The fraction of sp³-hybridized carbons (Fsp3) is 1.00. The van der Waals surface area contributed by atoms with Crippen molar-refractivity contribution >= 4 is 22.5 Å². The minimum atomic E-state index is 0.993. The van der Waals surface area contributed by atoms with E-state index in [0.717, 1.165) is 3.93 Å². The molecule has 0 bridgehead atoms. The van der Waals surface area contributed by atoms with Crippen molar-refractivity contribution in [3.05, 3.63) is 0 Å². The summed E-state index contributed by atoms with van der Waals surface area (Å²) in [6.07, 6.45) is 4.22. The van der Waals surface area contributed by atoms with Crippen LogP contribution in [0.25, 0.3) is 0 Å². The number of hydrogen-bond acceptors (Lipinski definition) is 0. The molecule has 0 rings (SSSR count). The molecule has 0 aromatic heterocycles. The molecule has 0 fully saturated rings. The zero-order valence-corrected chi connectivity index (χ0v) is 8.05. The van der Waals surface area contributed by atoms with Gasteiger partial charge in [-0.25, -0.2) is 0 Å². The third-order valence-corrected chi connectivity index (χ3v) is 1.81. The zero-order chi connectivity index (χ0) is 5.70. The molecule has 1 heteroatoms. The Labute approximate surface area is 59.8 Å². The predicted molar refractivity (Wildman–Crippen MR) is 34.7 cm³/mol. The van der Waals surface area contributed by atoms with Gasteiger partial charge in [0, 0.05) is 0 Å². The van der Waals surface area contributed by atoms with E-state index in [2.05, 4.69) is 13.8 Å². The molecule has 0 aromatic rings. The van der Waals surface area contributed by atoms with Crippen LogP contribution in [0, 0.1) is 0 Å². The van der Waals surface area contributed by atoms with Crippen LogP contribution in [0.4, 0.5) is 0 Å². The van der Waals surface area contributed by atoms with Gasteiger partial charge in [0.2, 0.25) is 0 Å². The summed E-state index contributed by atoms with van der Waals surface area (Å²) >= 11 is 1.70. The number of unbranched alkanes of at least 4 members (excludes halogenated alkanes) is 1. The van der Waals surface area contributed by atoms with E-state index in [-0.39, 0.29) is 0 Å². The van der Waals surface area contributed by atoms with E-state index < -0.39 is 0 Å². The molecular weight excluding hydrogens is 191 g/mol. The Morgan fingerprint density at radius 1 is 1.57 bits per heavy atom. The van der Waals surface area contributed by atoms with Crippen molar-refractivity contribution in [1.82, 2.24) is 0 Å². The predicted octanol–water partition coefficient (Wildman–Crippen LogP) is 2.15. The maximum absolute atomic E-state index is 2.31. The second kappa shape index (κ2) is 4.95. The summed E-state index contributed by atoms with van der Waals surface area (Å²) in [7, 11) is 0. The van der Waals surface area contributed by atoms with Gasteiger partial charge in [-0.1, -0.05) is 0 Å². The van der Waals surface area contributed by atoms with Gasteiger partial charge >= 0.3 is 59.6 Å². The summed E-state index contributed by atoms with van der Waals surface area (Å²) in [4.78, 5) is 0. The van der Waals surface area contributed by atoms with Crippen molar-refractivity contribution < 1.29 is 0 Å². The molecule has 0 amide bonds. The van der Waals surface area contributed by atoms with Crippen LogP contribution in [0.1, 0.15) is 33.1 Å². The molecule has 1 atom stereocenters. The van der Waals surface area contributed by atoms with Gasteiger partial charge in [0.15, 0.2) is 0 Å². The third kappa shape index (κ3) is 6.80. The van der Waals surface area contributed by atoms with Crippen LogP contribution >= 0.6 is 0 Å². The molecule has 0 heterocycles. The van der Waals surface area contributed by atoms with Crippen molar-refractivity contribution in [2.75, 3.05) is 0 Å². The molecule has 0 N–H and O–H groups in total. The average molecular weight is 204 g/mol. The van der Waals surface area contributed by atoms with E-state index in [1.807, 2.05) is 0 Å². The standard InChI is InChI=1S/C6H13.Sn/c1-3-5-6-4-2;/h3H,4-6H2,1-2H3;. The Morgan fingerprint density at radius 3 is 2.29 bits per heavy atom. The summed E-state index contributed by atoms with van der Waals surface area (Å²) in [6.45, 7) is 4.56. The van der Waals surface area contributed by atoms with Gasteiger partial charge in [0.05, 0.1) is 0 Å². The maximum atomic E-state index is 2.31. The fourth-order valence-electron chi connectivity index (χ4n) is 0.510. The van der Waals surface area contributed by atoms with Crippen LogP contribution < -0.4 is 0 Å². The molecule has 0 aromatic carbocycles. The molecule has 3 radical (unpaired) electrons. The van der Waals surface area contributed by atoms with Crippen LogP contribution in [-0.4, -0.2) is 22.5 Å². The van der Waals surface area contributed by atoms with E-state index in [1.54, 1.807) is 22.5 Å². The Balaban J connectivity index is 2.68. The quantitative estimate of drug-likeness (QED) is 0.617. The monoisotopic (exact) mass is 205 g/mol. The summed E-state index contributed by atoms with van der Waals surface area (Å²) in [6, 6.07) is 0. The molecule has 0 aliphatic carbocycles. The van der Waals surface area contributed by atoms with Crippen molar-refractivity contribution in [2.45, 2.75) is 37.0 Å². The normalized spacial score (nSPS) is 14.1. The van der Waals surface area contributed by atoms with Gasteiger partial charge in [-0.15, -0.1) is 0 Å². The molecule has 41 valence electrons. The van der Waals surface area contributed by atoms with Crippen LogP contribution in [-0.2, 0) is 0 Å². The fourth-order valence-corrected chi connectivity index (χ4v) is 1.09. The Bertz CT molecular complexity index is 33.2. The zero-order valence-electron chi connectivity index (χ0n) is 5.20. The second-order valence-electron chi connectivity index (χ2n) is 2.04. The van der Waals surface area contributed by atoms with Gasteiger partial charge in [0.25, 0.3) is 0 Å². The van der Waals surface area contributed by atoms with Gasteiger partial charge in [0.1, 0.15) is 0 Å². The summed E-state index contributed by atoms with van der Waals surface area (Å²) < 4.78 is 0.993. The molecule has 0 aliphatic heterocycles. The van der Waals surface area contributed by atoms with Crippen molar-refractivity contribution in [3.63, 3.8) is 0 Å². The first-order valence-corrected chi connectivity index (χ1v) is 4.63. The topological polar surface area (TPSA) is 0 Å². The van der Waals surface area contributed by atoms with Crippen molar-refractivity contribution in [2.24, 2.45) is 0 Å². The molecule has 0 saturated carbocycles. The van der Waals surface area contributed by atoms with Crippen molar-refractivity contribution in [3.8, 4) is 0 Å². The van der Waals surface area contributed by atoms with E-state index in [4.69, 9.17) is 0 Å². The molecule has 0 spiro atoms. The second-order valence-corrected chi connectivity index (χ2v) is 4.86. The SMILES string of the molecule is CCCC[CH](C)[Sn]. The van der Waals surface area contributed by atoms with E-state index in [1.165, 1.54) is 19.3 Å². The Morgan fingerprint density at radius 2 is 2.14 bits per heavy atom. The molecule has 0 aliphatic rings. The molecule has 1 unspecified atom stereocenters.